The fraction of sp³-hybridized carbons (Fsp3) is 0.400. The molecular formula is C25H27FN4O4. The summed E-state index contributed by atoms with van der Waals surface area (Å²) in [6.07, 6.45) is -6.21. The minimum atomic E-state index is -3.30. The molecular weight excluding hydrogens is 439 g/mol. The van der Waals surface area contributed by atoms with Crippen molar-refractivity contribution in [1.82, 2.24) is 15.1 Å². The van der Waals surface area contributed by atoms with Gasteiger partial charge in [0.05, 0.1) is 18.6 Å². The lowest BCUT2D eigenvalue weighted by atomic mass is 10.0. The number of hydrogen-bond donors (Lipinski definition) is 2. The van der Waals surface area contributed by atoms with Gasteiger partial charge in [-0.1, -0.05) is 24.3 Å². The van der Waals surface area contributed by atoms with Crippen LogP contribution < -0.4 is 10.6 Å². The van der Waals surface area contributed by atoms with E-state index in [1.54, 1.807) is 5.32 Å². The van der Waals surface area contributed by atoms with E-state index >= 15 is 4.39 Å². The van der Waals surface area contributed by atoms with Crippen LogP contribution in [0.2, 0.25) is 0 Å². The highest BCUT2D eigenvalue weighted by Crippen LogP contribution is 2.32. The number of benzene rings is 2. The number of amides is 3. The molecule has 0 bridgehead atoms. The van der Waals surface area contributed by atoms with Crippen LogP contribution in [0.15, 0.2) is 36.4 Å². The topological polar surface area (TPSA) is 91.0 Å². The van der Waals surface area contributed by atoms with Gasteiger partial charge in [-0.25, -0.2) is 4.39 Å². The van der Waals surface area contributed by atoms with Gasteiger partial charge >= 0.3 is 0 Å². The van der Waals surface area contributed by atoms with Crippen LogP contribution in [0.4, 0.5) is 10.1 Å². The Labute approximate surface area is 213 Å². The zero-order valence-electron chi connectivity index (χ0n) is 29.6. The molecule has 0 radical (unpaired) electrons. The molecule has 0 saturated carbocycles. The van der Waals surface area contributed by atoms with Crippen LogP contribution in [0.3, 0.4) is 0 Å². The number of hydrogen-bond acceptors (Lipinski definition) is 6. The zero-order valence-corrected chi connectivity index (χ0v) is 17.6. The van der Waals surface area contributed by atoms with Crippen molar-refractivity contribution in [3.8, 4) is 0 Å². The van der Waals surface area contributed by atoms with Crippen molar-refractivity contribution in [2.24, 2.45) is 0 Å². The number of fused-ring (bicyclic) bond motifs is 1. The van der Waals surface area contributed by atoms with Gasteiger partial charge in [0.25, 0.3) is 5.91 Å². The van der Waals surface area contributed by atoms with Crippen LogP contribution in [0.5, 0.6) is 0 Å². The predicted octanol–water partition coefficient (Wildman–Crippen LogP) is 2.03. The molecule has 1 unspecified atom stereocenters. The van der Waals surface area contributed by atoms with E-state index in [0.29, 0.717) is 0 Å². The number of rotatable bonds is 6. The van der Waals surface area contributed by atoms with Gasteiger partial charge in [-0.15, -0.1) is 0 Å². The third kappa shape index (κ3) is 4.41. The summed E-state index contributed by atoms with van der Waals surface area (Å²) in [7, 11) is 0. The Balaban J connectivity index is 1.39. The summed E-state index contributed by atoms with van der Waals surface area (Å²) in [4.78, 5) is 39.0. The average Bonchev–Trinajstić information content (AvgIpc) is 3.25. The number of carbonyl (C=O) groups excluding carboxylic acids is 3. The van der Waals surface area contributed by atoms with Crippen LogP contribution >= 0.6 is 0 Å². The van der Waals surface area contributed by atoms with Crippen LogP contribution in [-0.4, -0.2) is 59.7 Å². The molecule has 2 aromatic carbocycles. The fourth-order valence-electron chi connectivity index (χ4n) is 3.90. The monoisotopic (exact) mass is 478 g/mol. The van der Waals surface area contributed by atoms with E-state index in [2.05, 4.69) is 10.1 Å². The van der Waals surface area contributed by atoms with Crippen molar-refractivity contribution in [2.75, 3.05) is 31.4 Å². The summed E-state index contributed by atoms with van der Waals surface area (Å²) < 4.78 is 117. The Hall–Kier alpha value is -3.30. The van der Waals surface area contributed by atoms with Crippen molar-refractivity contribution >= 4 is 23.4 Å². The molecule has 34 heavy (non-hydrogen) atoms. The SMILES string of the molecule is [2H]C1([2H])OC([2H])([2H])C([2H])([2H])N(Cc2cccc(CNc3cccc4c3CN(C3C(=O)NC(=O)C([2H])([2H])C3([2H])[2H])C4=O)c2F)C1([2H])[2H]. The number of carbonyl (C=O) groups is 3. The number of anilines is 1. The van der Waals surface area contributed by atoms with Gasteiger partial charge in [0.15, 0.2) is 0 Å². The van der Waals surface area contributed by atoms with Gasteiger partial charge in [0, 0.05) is 77.9 Å². The van der Waals surface area contributed by atoms with E-state index in [0.717, 1.165) is 4.90 Å². The Bertz CT molecular complexity index is 1610. The first-order chi connectivity index (χ1) is 21.0. The second-order valence-electron chi connectivity index (χ2n) is 7.61. The number of nitrogens with zero attached hydrogens (tertiary/aromatic N) is 2. The molecule has 2 fully saturated rings. The van der Waals surface area contributed by atoms with E-state index in [4.69, 9.17) is 16.4 Å². The second kappa shape index (κ2) is 9.52. The van der Waals surface area contributed by atoms with Crippen molar-refractivity contribution in [3.63, 3.8) is 0 Å². The van der Waals surface area contributed by atoms with Gasteiger partial charge in [-0.3, -0.25) is 24.6 Å². The highest BCUT2D eigenvalue weighted by molar-refractivity contribution is 6.06. The molecule has 5 rings (SSSR count). The maximum atomic E-state index is 15.8. The number of halogens is 1. The number of piperidine rings is 1. The van der Waals surface area contributed by atoms with Gasteiger partial charge in [-0.05, 0) is 18.5 Å². The van der Waals surface area contributed by atoms with Crippen molar-refractivity contribution in [3.05, 3.63) is 64.5 Å². The Morgan fingerprint density at radius 3 is 2.71 bits per heavy atom. The number of imide groups is 1. The third-order valence-electron chi connectivity index (χ3n) is 5.53. The normalized spacial score (nSPS) is 35.0. The zero-order chi connectivity index (χ0) is 34.4. The maximum Gasteiger partial charge on any atom is 0.255 e. The number of ether oxygens (including phenoxy) is 1. The Morgan fingerprint density at radius 1 is 1.12 bits per heavy atom. The van der Waals surface area contributed by atoms with E-state index in [9.17, 15) is 14.4 Å². The summed E-state index contributed by atoms with van der Waals surface area (Å²) >= 11 is 0. The Morgan fingerprint density at radius 2 is 1.88 bits per heavy atom. The minimum Gasteiger partial charge on any atom is -0.381 e. The largest absolute Gasteiger partial charge is 0.381 e. The molecule has 9 heteroatoms. The van der Waals surface area contributed by atoms with Gasteiger partial charge < -0.3 is 15.0 Å². The summed E-state index contributed by atoms with van der Waals surface area (Å²) in [5.74, 6) is -4.38. The number of morpholine rings is 1. The first kappa shape index (κ1) is 12.4. The smallest absolute Gasteiger partial charge is 0.255 e. The first-order valence-corrected chi connectivity index (χ1v) is 10.3. The highest BCUT2D eigenvalue weighted by atomic mass is 19.1. The van der Waals surface area contributed by atoms with E-state index in [1.165, 1.54) is 36.4 Å². The minimum absolute atomic E-state index is 0.0219. The molecule has 3 heterocycles. The molecule has 2 N–H and O–H groups in total. The third-order valence-corrected chi connectivity index (χ3v) is 5.53. The lowest BCUT2D eigenvalue weighted by Crippen LogP contribution is -2.52. The molecule has 0 spiro atoms. The standard InChI is InChI=1S/C25H27FN4O4/c26-23-16(3-1-4-17(23)14-29-9-11-34-12-10-29)13-27-20-6-2-5-18-19(20)15-30(25(18)33)21-7-8-22(31)28-24(21)32/h1-6,21,27H,7-15H2,(H,28,31,32)/i7D2,8D2,9D2,10D2,11D2,12D2. The summed E-state index contributed by atoms with van der Waals surface area (Å²) in [6, 6.07) is 6.35. The lowest BCUT2D eigenvalue weighted by molar-refractivity contribution is -0.136. The first-order valence-electron chi connectivity index (χ1n) is 16.3. The Kier molecular flexibility index (Phi) is 3.48. The van der Waals surface area contributed by atoms with Gasteiger partial charge in [0.2, 0.25) is 11.8 Å². The van der Waals surface area contributed by atoms with Crippen LogP contribution in [0.25, 0.3) is 0 Å². The highest BCUT2D eigenvalue weighted by Gasteiger charge is 2.39. The lowest BCUT2D eigenvalue weighted by Gasteiger charge is -2.29. The predicted molar refractivity (Wildman–Crippen MR) is 122 cm³/mol. The summed E-state index contributed by atoms with van der Waals surface area (Å²) in [6.45, 7) is -14.5. The van der Waals surface area contributed by atoms with Gasteiger partial charge in [0.1, 0.15) is 11.9 Å². The average molecular weight is 479 g/mol. The van der Waals surface area contributed by atoms with Crippen LogP contribution in [0.1, 0.15) is 56.2 Å². The molecule has 0 aromatic heterocycles. The van der Waals surface area contributed by atoms with Crippen molar-refractivity contribution in [2.45, 2.75) is 38.4 Å². The quantitative estimate of drug-likeness (QED) is 0.618. The molecule has 2 aromatic rings. The van der Waals surface area contributed by atoms with E-state index in [1.807, 2.05) is 0 Å². The van der Waals surface area contributed by atoms with Gasteiger partial charge in [-0.2, -0.15) is 0 Å². The van der Waals surface area contributed by atoms with E-state index in [-0.39, 0.29) is 45.9 Å². The van der Waals surface area contributed by atoms with Crippen molar-refractivity contribution in [1.29, 1.82) is 0 Å². The van der Waals surface area contributed by atoms with Crippen LogP contribution in [0, 0.1) is 5.82 Å². The molecule has 3 amide bonds. The maximum absolute atomic E-state index is 15.8. The summed E-state index contributed by atoms with van der Waals surface area (Å²) in [5.41, 5.74) is 0.307. The van der Waals surface area contributed by atoms with E-state index < -0.39 is 75.0 Å². The molecule has 3 aliphatic heterocycles. The number of nitrogens with one attached hydrogen (secondary N) is 2. The van der Waals surface area contributed by atoms with Crippen molar-refractivity contribution < 1.29 is 40.0 Å². The summed E-state index contributed by atoms with van der Waals surface area (Å²) in [5, 5.41) is 4.73. The molecule has 8 nitrogen and oxygen atoms in total. The fourth-order valence-corrected chi connectivity index (χ4v) is 3.90. The molecule has 3 aliphatic rings. The molecule has 0 aliphatic carbocycles. The molecule has 1 atom stereocenters. The molecule has 2 saturated heterocycles. The van der Waals surface area contributed by atoms with Crippen LogP contribution in [-0.2, 0) is 34.0 Å². The molecule has 178 valence electrons. The second-order valence-corrected chi connectivity index (χ2v) is 7.61.